The second-order valence-electron chi connectivity index (χ2n) is 5.38. The van der Waals surface area contributed by atoms with Crippen molar-refractivity contribution >= 4 is 17.3 Å². The van der Waals surface area contributed by atoms with Gasteiger partial charge in [0.15, 0.2) is 0 Å². The number of nitrogens with two attached hydrogens (primary N) is 1. The minimum absolute atomic E-state index is 0. The van der Waals surface area contributed by atoms with E-state index in [-0.39, 0.29) is 20.5 Å². The lowest BCUT2D eigenvalue weighted by molar-refractivity contribution is 0.0935. The van der Waals surface area contributed by atoms with Gasteiger partial charge in [0, 0.05) is 31.9 Å². The van der Waals surface area contributed by atoms with Crippen molar-refractivity contribution < 1.29 is 7.65 Å². The lowest BCUT2D eigenvalue weighted by atomic mass is 10.0. The molecular weight excluding hydrogens is 288 g/mol. The first kappa shape index (κ1) is 16.7. The molecule has 5 nitrogen and oxygen atoms in total. The van der Waals surface area contributed by atoms with Crippen LogP contribution in [0.3, 0.4) is 0 Å². The van der Waals surface area contributed by atoms with Gasteiger partial charge >= 0.3 is 0 Å². The molecule has 0 saturated heterocycles. The van der Waals surface area contributed by atoms with E-state index in [2.05, 4.69) is 10.3 Å². The molecule has 4 N–H and O–H groups in total. The third-order valence-corrected chi connectivity index (χ3v) is 3.83. The molecule has 2 aromatic rings. The van der Waals surface area contributed by atoms with Crippen LogP contribution in [0.1, 0.15) is 51.2 Å². The number of nitrogens with zero attached hydrogens (tertiary/aromatic N) is 1. The quantitative estimate of drug-likeness (QED) is 0.563. The summed E-state index contributed by atoms with van der Waals surface area (Å²) in [6.07, 6.45) is 3.39. The summed E-state index contributed by atoms with van der Waals surface area (Å²) in [4.78, 5) is 16.5. The van der Waals surface area contributed by atoms with Crippen molar-refractivity contribution in [3.63, 3.8) is 0 Å². The number of rotatable bonds is 6. The number of carbonyl (C=O) groups is 1. The van der Waals surface area contributed by atoms with Gasteiger partial charge < -0.3 is 11.1 Å². The van der Waals surface area contributed by atoms with Gasteiger partial charge in [-0.25, -0.2) is 0 Å². The van der Waals surface area contributed by atoms with Crippen molar-refractivity contribution in [2.75, 3.05) is 5.73 Å². The molecule has 23 heavy (non-hydrogen) atoms. The van der Waals surface area contributed by atoms with Crippen LogP contribution in [0.25, 0.3) is 0 Å². The van der Waals surface area contributed by atoms with Crippen LogP contribution in [0.15, 0.2) is 42.6 Å². The predicted molar refractivity (Wildman–Crippen MR) is 97.1 cm³/mol. The van der Waals surface area contributed by atoms with Gasteiger partial charge in [-0.05, 0) is 43.2 Å². The average Bonchev–Trinajstić information content (AvgIpc) is 2.60. The van der Waals surface area contributed by atoms with Crippen LogP contribution in [0.5, 0.6) is 0 Å². The first-order chi connectivity index (χ1) is 11.1. The zero-order valence-electron chi connectivity index (χ0n) is 13.5. The maximum absolute atomic E-state index is 12.4. The average molecular weight is 314 g/mol. The topological polar surface area (TPSA) is 91.9 Å². The summed E-state index contributed by atoms with van der Waals surface area (Å²) >= 11 is 0. The molecule has 0 atom stereocenters. The van der Waals surface area contributed by atoms with Gasteiger partial charge in [-0.1, -0.05) is 19.9 Å². The number of anilines is 1. The summed E-state index contributed by atoms with van der Waals surface area (Å²) in [5, 5.41) is 11.3. The minimum atomic E-state index is -0.145. The number of nitrogens with one attached hydrogen (secondary N) is 2. The first-order valence-corrected chi connectivity index (χ1v) is 7.77. The van der Waals surface area contributed by atoms with Gasteiger partial charge in [-0.2, -0.15) is 0 Å². The molecule has 1 amide bonds. The Morgan fingerprint density at radius 3 is 2.65 bits per heavy atom. The fourth-order valence-electron chi connectivity index (χ4n) is 2.32. The van der Waals surface area contributed by atoms with Crippen LogP contribution < -0.4 is 11.1 Å². The highest BCUT2D eigenvalue weighted by molar-refractivity contribution is 6.13. The Balaban J connectivity index is 0.00000288. The fraction of sp³-hybridized carbons (Fsp3) is 0.278. The van der Waals surface area contributed by atoms with E-state index >= 15 is 0 Å². The van der Waals surface area contributed by atoms with Gasteiger partial charge in [0.05, 0.1) is 11.4 Å². The van der Waals surface area contributed by atoms with E-state index in [9.17, 15) is 4.79 Å². The maximum Gasteiger partial charge on any atom is 0.251 e. The number of pyridine rings is 1. The highest BCUT2D eigenvalue weighted by Gasteiger charge is 2.15. The Labute approximate surface area is 139 Å². The Morgan fingerprint density at radius 2 is 2.04 bits per heavy atom. The monoisotopic (exact) mass is 314 g/mol. The molecule has 2 rings (SSSR count). The molecule has 0 aliphatic carbocycles. The number of nitrogen functional groups attached to an aromatic ring is 1. The standard InChI is InChI=1S/C18H22N4O.2H2/c1-3-13(4-2)22-18(23)12-8-9-15(19)14(11-12)17(20)16-7-5-6-10-21-16;;/h5-11,13,20H,3-4,19H2,1-2H3,(H,22,23);2*1H. The smallest absolute Gasteiger partial charge is 0.251 e. The maximum atomic E-state index is 12.4. The SMILES string of the molecule is CCC(CC)NC(=O)c1ccc(N)c(C(=N)c2ccccn2)c1.[HH].[HH]. The van der Waals surface area contributed by atoms with E-state index in [4.69, 9.17) is 11.1 Å². The molecule has 0 fully saturated rings. The molecule has 0 unspecified atom stereocenters. The number of benzene rings is 1. The highest BCUT2D eigenvalue weighted by Crippen LogP contribution is 2.18. The summed E-state index contributed by atoms with van der Waals surface area (Å²) in [6, 6.07) is 10.5. The van der Waals surface area contributed by atoms with Crippen molar-refractivity contribution in [3.05, 3.63) is 59.4 Å². The van der Waals surface area contributed by atoms with Crippen molar-refractivity contribution in [2.24, 2.45) is 0 Å². The Bertz CT molecular complexity index is 703. The third kappa shape index (κ3) is 3.94. The molecule has 0 radical (unpaired) electrons. The molecule has 1 aromatic heterocycles. The number of hydrogen-bond acceptors (Lipinski definition) is 4. The first-order valence-electron chi connectivity index (χ1n) is 7.77. The normalized spacial score (nSPS) is 10.6. The summed E-state index contributed by atoms with van der Waals surface area (Å²) in [5.41, 5.74) is 8.19. The van der Waals surface area contributed by atoms with Crippen LogP contribution in [0.4, 0.5) is 5.69 Å². The van der Waals surface area contributed by atoms with Gasteiger partial charge in [0.25, 0.3) is 5.91 Å². The van der Waals surface area contributed by atoms with Crippen LogP contribution in [-0.2, 0) is 0 Å². The largest absolute Gasteiger partial charge is 0.398 e. The van der Waals surface area contributed by atoms with E-state index in [0.29, 0.717) is 22.5 Å². The summed E-state index contributed by atoms with van der Waals surface area (Å²) < 4.78 is 0. The Morgan fingerprint density at radius 1 is 1.30 bits per heavy atom. The van der Waals surface area contributed by atoms with E-state index in [1.54, 1.807) is 36.5 Å². The molecule has 0 aliphatic heterocycles. The fourth-order valence-corrected chi connectivity index (χ4v) is 2.32. The van der Waals surface area contributed by atoms with Crippen LogP contribution in [-0.4, -0.2) is 22.6 Å². The third-order valence-electron chi connectivity index (χ3n) is 3.83. The van der Waals surface area contributed by atoms with Crippen LogP contribution >= 0.6 is 0 Å². The lowest BCUT2D eigenvalue weighted by Gasteiger charge is -2.15. The highest BCUT2D eigenvalue weighted by atomic mass is 16.1. The molecular formula is C18H26N4O. The Kier molecular flexibility index (Phi) is 5.46. The number of hydrogen-bond donors (Lipinski definition) is 3. The van der Waals surface area contributed by atoms with Crippen molar-refractivity contribution in [2.45, 2.75) is 32.7 Å². The molecule has 0 saturated carbocycles. The van der Waals surface area contributed by atoms with E-state index < -0.39 is 0 Å². The molecule has 124 valence electrons. The van der Waals surface area contributed by atoms with Gasteiger partial charge in [0.1, 0.15) is 0 Å². The summed E-state index contributed by atoms with van der Waals surface area (Å²) in [5.74, 6) is -0.145. The second-order valence-corrected chi connectivity index (χ2v) is 5.38. The van der Waals surface area contributed by atoms with Crippen LogP contribution in [0.2, 0.25) is 0 Å². The molecule has 1 heterocycles. The summed E-state index contributed by atoms with van der Waals surface area (Å²) in [7, 11) is 0. The van der Waals surface area contributed by atoms with Gasteiger partial charge in [-0.3, -0.25) is 15.2 Å². The van der Waals surface area contributed by atoms with Gasteiger partial charge in [-0.15, -0.1) is 0 Å². The zero-order valence-corrected chi connectivity index (χ0v) is 13.5. The van der Waals surface area contributed by atoms with Crippen molar-refractivity contribution in [1.29, 1.82) is 5.41 Å². The van der Waals surface area contributed by atoms with Crippen molar-refractivity contribution in [1.82, 2.24) is 10.3 Å². The molecule has 5 heteroatoms. The lowest BCUT2D eigenvalue weighted by Crippen LogP contribution is -2.33. The second kappa shape index (κ2) is 7.54. The number of aromatic nitrogens is 1. The van der Waals surface area contributed by atoms with E-state index in [0.717, 1.165) is 12.8 Å². The molecule has 0 bridgehead atoms. The van der Waals surface area contributed by atoms with E-state index in [1.165, 1.54) is 0 Å². The Hall–Kier alpha value is -2.69. The van der Waals surface area contributed by atoms with Crippen molar-refractivity contribution in [3.8, 4) is 0 Å². The number of amides is 1. The van der Waals surface area contributed by atoms with E-state index in [1.807, 2.05) is 19.9 Å². The molecule has 0 spiro atoms. The molecule has 1 aromatic carbocycles. The zero-order chi connectivity index (χ0) is 16.8. The van der Waals surface area contributed by atoms with Gasteiger partial charge in [0.2, 0.25) is 0 Å². The van der Waals surface area contributed by atoms with Crippen LogP contribution in [0, 0.1) is 5.41 Å². The predicted octanol–water partition coefficient (Wildman–Crippen LogP) is 3.49. The number of carbonyl (C=O) groups excluding carboxylic acids is 1. The molecule has 0 aliphatic rings. The summed E-state index contributed by atoms with van der Waals surface area (Å²) in [6.45, 7) is 4.08. The minimum Gasteiger partial charge on any atom is -0.398 e.